The Kier molecular flexibility index (Phi) is 10.3. The molecular formula is C32H36N6O4. The summed E-state index contributed by atoms with van der Waals surface area (Å²) in [6, 6.07) is 25.8. The SMILES string of the molecule is NC(N)=NCCC[C@@H](C(=O)NCC(=O)O)N(CCc1c[nH]c2ccccc12)C(=O)C(c1ccccc1)c1ccccc1. The molecule has 4 rings (SSSR count). The minimum absolute atomic E-state index is 0.0673. The zero-order valence-electron chi connectivity index (χ0n) is 23.3. The average molecular weight is 569 g/mol. The molecule has 1 atom stereocenters. The van der Waals surface area contributed by atoms with Gasteiger partial charge in [-0.15, -0.1) is 0 Å². The summed E-state index contributed by atoms with van der Waals surface area (Å²) in [7, 11) is 0. The van der Waals surface area contributed by atoms with E-state index in [0.29, 0.717) is 12.8 Å². The van der Waals surface area contributed by atoms with Crippen LogP contribution in [-0.4, -0.2) is 64.4 Å². The average Bonchev–Trinajstić information content (AvgIpc) is 3.41. The van der Waals surface area contributed by atoms with Crippen molar-refractivity contribution >= 4 is 34.6 Å². The molecule has 10 heteroatoms. The number of amides is 2. The third-order valence-electron chi connectivity index (χ3n) is 7.12. The molecule has 2 amide bonds. The largest absolute Gasteiger partial charge is 0.480 e. The second-order valence-corrected chi connectivity index (χ2v) is 9.97. The number of aliphatic carboxylic acids is 1. The van der Waals surface area contributed by atoms with Crippen LogP contribution in [0.1, 0.15) is 35.4 Å². The van der Waals surface area contributed by atoms with Crippen LogP contribution < -0.4 is 16.8 Å². The van der Waals surface area contributed by atoms with Crippen molar-refractivity contribution in [1.82, 2.24) is 15.2 Å². The normalized spacial score (nSPS) is 11.6. The summed E-state index contributed by atoms with van der Waals surface area (Å²) in [6.45, 7) is -0.0743. The molecule has 10 nitrogen and oxygen atoms in total. The highest BCUT2D eigenvalue weighted by Crippen LogP contribution is 2.29. The molecule has 0 saturated carbocycles. The number of carbonyl (C=O) groups is 3. The smallest absolute Gasteiger partial charge is 0.322 e. The molecule has 0 radical (unpaired) electrons. The zero-order valence-corrected chi connectivity index (χ0v) is 23.3. The lowest BCUT2D eigenvalue weighted by Crippen LogP contribution is -2.52. The van der Waals surface area contributed by atoms with E-state index < -0.39 is 30.4 Å². The fraction of sp³-hybridized carbons (Fsp3) is 0.250. The van der Waals surface area contributed by atoms with Crippen LogP contribution in [0.4, 0.5) is 0 Å². The number of carboxylic acids is 1. The van der Waals surface area contributed by atoms with Gasteiger partial charge in [0.05, 0.1) is 5.92 Å². The van der Waals surface area contributed by atoms with Crippen molar-refractivity contribution in [2.45, 2.75) is 31.2 Å². The lowest BCUT2D eigenvalue weighted by atomic mass is 9.89. The first-order valence-electron chi connectivity index (χ1n) is 13.9. The maximum absolute atomic E-state index is 14.6. The van der Waals surface area contributed by atoms with Gasteiger partial charge in [0.1, 0.15) is 12.6 Å². The Balaban J connectivity index is 1.74. The topological polar surface area (TPSA) is 167 Å². The minimum atomic E-state index is -1.18. The molecule has 218 valence electrons. The molecule has 4 aromatic rings. The van der Waals surface area contributed by atoms with Crippen molar-refractivity contribution in [2.24, 2.45) is 16.5 Å². The molecule has 0 aliphatic heterocycles. The second-order valence-electron chi connectivity index (χ2n) is 9.97. The Morgan fingerprint density at radius 3 is 2.14 bits per heavy atom. The Bertz CT molecular complexity index is 1480. The fourth-order valence-corrected chi connectivity index (χ4v) is 5.14. The highest BCUT2D eigenvalue weighted by atomic mass is 16.4. The van der Waals surface area contributed by atoms with Gasteiger partial charge in [0.15, 0.2) is 5.96 Å². The molecule has 0 saturated heterocycles. The van der Waals surface area contributed by atoms with E-state index in [1.165, 1.54) is 0 Å². The molecule has 1 aromatic heterocycles. The van der Waals surface area contributed by atoms with Crippen LogP contribution in [0.15, 0.2) is 96.1 Å². The van der Waals surface area contributed by atoms with Crippen LogP contribution >= 0.6 is 0 Å². The fourth-order valence-electron chi connectivity index (χ4n) is 5.14. The molecule has 1 heterocycles. The number of rotatable bonds is 14. The third-order valence-corrected chi connectivity index (χ3v) is 7.12. The summed E-state index contributed by atoms with van der Waals surface area (Å²) in [6.07, 6.45) is 3.03. The van der Waals surface area contributed by atoms with E-state index in [4.69, 9.17) is 11.5 Å². The number of aromatic nitrogens is 1. The first-order chi connectivity index (χ1) is 20.3. The Morgan fingerprint density at radius 1 is 0.905 bits per heavy atom. The van der Waals surface area contributed by atoms with Gasteiger partial charge in [-0.05, 0) is 42.0 Å². The van der Waals surface area contributed by atoms with E-state index in [1.54, 1.807) is 4.90 Å². The summed E-state index contributed by atoms with van der Waals surface area (Å²) in [5, 5.41) is 12.8. The van der Waals surface area contributed by atoms with E-state index in [0.717, 1.165) is 27.6 Å². The number of aliphatic imine (C=N–C) groups is 1. The Labute approximate surface area is 244 Å². The van der Waals surface area contributed by atoms with Crippen molar-refractivity contribution in [3.8, 4) is 0 Å². The molecule has 0 aliphatic rings. The van der Waals surface area contributed by atoms with E-state index in [1.807, 2.05) is 91.1 Å². The lowest BCUT2D eigenvalue weighted by Gasteiger charge is -2.34. The van der Waals surface area contributed by atoms with Gasteiger partial charge in [0.25, 0.3) is 0 Å². The van der Waals surface area contributed by atoms with Gasteiger partial charge >= 0.3 is 5.97 Å². The molecule has 0 aliphatic carbocycles. The molecule has 0 fully saturated rings. The third kappa shape index (κ3) is 7.75. The molecule has 3 aromatic carbocycles. The van der Waals surface area contributed by atoms with E-state index in [-0.39, 0.29) is 31.4 Å². The Hall–Kier alpha value is -5.12. The lowest BCUT2D eigenvalue weighted by molar-refractivity contribution is -0.143. The predicted molar refractivity (Wildman–Crippen MR) is 163 cm³/mol. The number of carboxylic acid groups (broad SMARTS) is 1. The van der Waals surface area contributed by atoms with Crippen molar-refractivity contribution < 1.29 is 19.5 Å². The maximum Gasteiger partial charge on any atom is 0.322 e. The highest BCUT2D eigenvalue weighted by molar-refractivity contribution is 5.93. The summed E-state index contributed by atoms with van der Waals surface area (Å²) in [5.41, 5.74) is 14.5. The molecular weight excluding hydrogens is 532 g/mol. The summed E-state index contributed by atoms with van der Waals surface area (Å²) in [4.78, 5) is 48.4. The second kappa shape index (κ2) is 14.5. The first-order valence-corrected chi connectivity index (χ1v) is 13.9. The number of fused-ring (bicyclic) bond motifs is 1. The standard InChI is InChI=1S/C32H36N6O4/c33-32(34)35-18-9-16-27(30(41)37-21-28(39)40)38(19-17-24-20-36-26-15-8-7-14-25(24)26)31(42)29(22-10-3-1-4-11-22)23-12-5-2-6-13-23/h1-8,10-15,20,27,29,36H,9,16-19,21H2,(H,37,41)(H,39,40)(H4,33,34,35)/t27-/m0/s1. The van der Waals surface area contributed by atoms with Crippen molar-refractivity contribution in [3.63, 3.8) is 0 Å². The Morgan fingerprint density at radius 2 is 1.52 bits per heavy atom. The summed E-state index contributed by atoms with van der Waals surface area (Å²) < 4.78 is 0. The van der Waals surface area contributed by atoms with E-state index in [2.05, 4.69) is 15.3 Å². The number of hydrogen-bond acceptors (Lipinski definition) is 4. The zero-order chi connectivity index (χ0) is 29.9. The van der Waals surface area contributed by atoms with Gasteiger partial charge in [-0.1, -0.05) is 78.9 Å². The number of nitrogens with two attached hydrogens (primary N) is 2. The van der Waals surface area contributed by atoms with Gasteiger partial charge in [-0.2, -0.15) is 0 Å². The highest BCUT2D eigenvalue weighted by Gasteiger charge is 2.35. The van der Waals surface area contributed by atoms with E-state index >= 15 is 0 Å². The van der Waals surface area contributed by atoms with Crippen LogP contribution in [0.25, 0.3) is 10.9 Å². The molecule has 0 spiro atoms. The van der Waals surface area contributed by atoms with Crippen LogP contribution in [-0.2, 0) is 20.8 Å². The van der Waals surface area contributed by atoms with Gasteiger partial charge in [0.2, 0.25) is 11.8 Å². The number of aromatic amines is 1. The monoisotopic (exact) mass is 568 g/mol. The minimum Gasteiger partial charge on any atom is -0.480 e. The number of hydrogen-bond donors (Lipinski definition) is 5. The van der Waals surface area contributed by atoms with Crippen molar-refractivity contribution in [1.29, 1.82) is 0 Å². The number of guanidine groups is 1. The summed E-state index contributed by atoms with van der Waals surface area (Å²) in [5.74, 6) is -2.73. The van der Waals surface area contributed by atoms with Crippen molar-refractivity contribution in [2.75, 3.05) is 19.6 Å². The van der Waals surface area contributed by atoms with Crippen LogP contribution in [0.5, 0.6) is 0 Å². The van der Waals surface area contributed by atoms with Gasteiger partial charge in [-0.3, -0.25) is 19.4 Å². The van der Waals surface area contributed by atoms with Crippen molar-refractivity contribution in [3.05, 3.63) is 108 Å². The van der Waals surface area contributed by atoms with Crippen LogP contribution in [0, 0.1) is 0 Å². The molecule has 42 heavy (non-hydrogen) atoms. The van der Waals surface area contributed by atoms with Crippen LogP contribution in [0.2, 0.25) is 0 Å². The number of benzene rings is 3. The van der Waals surface area contributed by atoms with Gasteiger partial charge in [0, 0.05) is 30.2 Å². The van der Waals surface area contributed by atoms with Crippen LogP contribution in [0.3, 0.4) is 0 Å². The summed E-state index contributed by atoms with van der Waals surface area (Å²) >= 11 is 0. The van der Waals surface area contributed by atoms with Gasteiger partial charge in [-0.25, -0.2) is 0 Å². The molecule has 7 N–H and O–H groups in total. The number of para-hydroxylation sites is 1. The first kappa shape index (κ1) is 29.9. The van der Waals surface area contributed by atoms with Gasteiger partial charge < -0.3 is 31.8 Å². The number of nitrogens with one attached hydrogen (secondary N) is 2. The molecule has 0 unspecified atom stereocenters. The molecule has 0 bridgehead atoms. The number of nitrogens with zero attached hydrogens (tertiary/aromatic N) is 2. The number of carbonyl (C=O) groups excluding carboxylic acids is 2. The maximum atomic E-state index is 14.6. The number of H-pyrrole nitrogens is 1. The van der Waals surface area contributed by atoms with E-state index in [9.17, 15) is 19.5 Å². The quantitative estimate of drug-likeness (QED) is 0.0891. The predicted octanol–water partition coefficient (Wildman–Crippen LogP) is 2.99.